The highest BCUT2D eigenvalue weighted by Gasteiger charge is 2.15. The number of aryl methyl sites for hydroxylation is 1. The SMILES string of the molecule is C=C(C[Si](C)(C)C)c1cccc(C)c1. The van der Waals surface area contributed by atoms with Gasteiger partial charge in [0.05, 0.1) is 0 Å². The molecular formula is C13H20Si. The lowest BCUT2D eigenvalue weighted by Crippen LogP contribution is -2.19. The lowest BCUT2D eigenvalue weighted by atomic mass is 10.1. The maximum atomic E-state index is 4.19. The van der Waals surface area contributed by atoms with Gasteiger partial charge in [-0.1, -0.05) is 61.6 Å². The Labute approximate surface area is 88.7 Å². The van der Waals surface area contributed by atoms with Crippen LogP contribution in [0.15, 0.2) is 30.8 Å². The molecule has 0 heterocycles. The Morgan fingerprint density at radius 1 is 1.29 bits per heavy atom. The zero-order valence-electron chi connectivity index (χ0n) is 9.72. The van der Waals surface area contributed by atoms with Crippen LogP contribution < -0.4 is 0 Å². The van der Waals surface area contributed by atoms with E-state index in [-0.39, 0.29) is 0 Å². The summed E-state index contributed by atoms with van der Waals surface area (Å²) >= 11 is 0. The minimum Gasteiger partial charge on any atom is -0.0955 e. The molecule has 0 bridgehead atoms. The van der Waals surface area contributed by atoms with Crippen LogP contribution in [0.3, 0.4) is 0 Å². The van der Waals surface area contributed by atoms with E-state index < -0.39 is 8.07 Å². The minimum atomic E-state index is -1.02. The van der Waals surface area contributed by atoms with E-state index in [4.69, 9.17) is 0 Å². The van der Waals surface area contributed by atoms with E-state index in [0.29, 0.717) is 0 Å². The van der Waals surface area contributed by atoms with E-state index in [1.807, 2.05) is 0 Å². The number of hydrogen-bond acceptors (Lipinski definition) is 0. The quantitative estimate of drug-likeness (QED) is 0.642. The van der Waals surface area contributed by atoms with Gasteiger partial charge in [0.2, 0.25) is 0 Å². The first-order valence-electron chi connectivity index (χ1n) is 5.13. The number of allylic oxidation sites excluding steroid dienone is 1. The molecule has 0 aliphatic rings. The highest BCUT2D eigenvalue weighted by atomic mass is 28.3. The first kappa shape index (κ1) is 11.3. The fourth-order valence-corrected chi connectivity index (χ4v) is 3.09. The van der Waals surface area contributed by atoms with Gasteiger partial charge in [-0.05, 0) is 18.5 Å². The standard InChI is InChI=1S/C13H20Si/c1-11-7-6-8-13(9-11)12(2)10-14(3,4)5/h6-9H,2,10H2,1,3-5H3. The molecule has 76 valence electrons. The predicted octanol–water partition coefficient (Wildman–Crippen LogP) is 4.35. The molecule has 0 aliphatic heterocycles. The van der Waals surface area contributed by atoms with Gasteiger partial charge in [-0.25, -0.2) is 0 Å². The van der Waals surface area contributed by atoms with Gasteiger partial charge in [0.25, 0.3) is 0 Å². The average Bonchev–Trinajstić information content (AvgIpc) is 2.01. The molecule has 0 saturated heterocycles. The van der Waals surface area contributed by atoms with Crippen LogP contribution >= 0.6 is 0 Å². The van der Waals surface area contributed by atoms with Crippen LogP contribution in [0.25, 0.3) is 5.57 Å². The Bertz CT molecular complexity index is 331. The van der Waals surface area contributed by atoms with Crippen LogP contribution in [0.2, 0.25) is 25.7 Å². The van der Waals surface area contributed by atoms with Gasteiger partial charge in [-0.2, -0.15) is 0 Å². The molecule has 0 atom stereocenters. The molecule has 0 fully saturated rings. The largest absolute Gasteiger partial charge is 0.0955 e. The normalized spacial score (nSPS) is 11.4. The molecule has 1 aromatic rings. The molecule has 0 aromatic heterocycles. The van der Waals surface area contributed by atoms with E-state index in [1.54, 1.807) is 0 Å². The van der Waals surface area contributed by atoms with E-state index in [2.05, 4.69) is 57.4 Å². The smallest absolute Gasteiger partial charge is 0.0487 e. The van der Waals surface area contributed by atoms with E-state index in [0.717, 1.165) is 0 Å². The van der Waals surface area contributed by atoms with Crippen LogP contribution in [0.1, 0.15) is 11.1 Å². The van der Waals surface area contributed by atoms with Crippen molar-refractivity contribution in [3.8, 4) is 0 Å². The molecule has 0 aliphatic carbocycles. The summed E-state index contributed by atoms with van der Waals surface area (Å²) in [7, 11) is -1.02. The zero-order chi connectivity index (χ0) is 10.8. The summed E-state index contributed by atoms with van der Waals surface area (Å²) in [5.74, 6) is 0. The third kappa shape index (κ3) is 3.50. The van der Waals surface area contributed by atoms with Crippen LogP contribution in [-0.2, 0) is 0 Å². The minimum absolute atomic E-state index is 1.02. The Hall–Kier alpha value is -0.823. The molecule has 0 nitrogen and oxygen atoms in total. The Morgan fingerprint density at radius 3 is 2.43 bits per heavy atom. The summed E-state index contributed by atoms with van der Waals surface area (Å²) in [5.41, 5.74) is 3.93. The van der Waals surface area contributed by atoms with Crippen LogP contribution in [0, 0.1) is 6.92 Å². The van der Waals surface area contributed by atoms with E-state index in [1.165, 1.54) is 22.7 Å². The van der Waals surface area contributed by atoms with Crippen LogP contribution in [-0.4, -0.2) is 8.07 Å². The second-order valence-corrected chi connectivity index (χ2v) is 10.7. The van der Waals surface area contributed by atoms with Crippen molar-refractivity contribution in [3.05, 3.63) is 42.0 Å². The van der Waals surface area contributed by atoms with E-state index >= 15 is 0 Å². The summed E-state index contributed by atoms with van der Waals surface area (Å²) < 4.78 is 0. The number of hydrogen-bond donors (Lipinski definition) is 0. The van der Waals surface area contributed by atoms with Crippen molar-refractivity contribution >= 4 is 13.6 Å². The maximum absolute atomic E-state index is 4.19. The predicted molar refractivity (Wildman–Crippen MR) is 68.4 cm³/mol. The molecule has 14 heavy (non-hydrogen) atoms. The summed E-state index contributed by atoms with van der Waals surface area (Å²) in [6, 6.07) is 9.82. The van der Waals surface area contributed by atoms with E-state index in [9.17, 15) is 0 Å². The Morgan fingerprint density at radius 2 is 1.93 bits per heavy atom. The summed E-state index contributed by atoms with van der Waals surface area (Å²) in [4.78, 5) is 0. The average molecular weight is 204 g/mol. The monoisotopic (exact) mass is 204 g/mol. The molecule has 1 aromatic carbocycles. The molecule has 0 unspecified atom stereocenters. The number of rotatable bonds is 3. The molecule has 0 spiro atoms. The third-order valence-corrected chi connectivity index (χ3v) is 3.66. The van der Waals surface area contributed by atoms with Gasteiger partial charge < -0.3 is 0 Å². The summed E-state index contributed by atoms with van der Waals surface area (Å²) in [6.45, 7) is 13.5. The van der Waals surface area contributed by atoms with Crippen molar-refractivity contribution in [2.45, 2.75) is 32.6 Å². The Kier molecular flexibility index (Phi) is 3.32. The van der Waals surface area contributed by atoms with Gasteiger partial charge in [-0.3, -0.25) is 0 Å². The molecule has 0 radical (unpaired) electrons. The van der Waals surface area contributed by atoms with Crippen molar-refractivity contribution in [2.24, 2.45) is 0 Å². The zero-order valence-corrected chi connectivity index (χ0v) is 10.7. The number of benzene rings is 1. The Balaban J connectivity index is 2.80. The molecular weight excluding hydrogens is 184 g/mol. The fraction of sp³-hybridized carbons (Fsp3) is 0.385. The molecule has 1 heteroatoms. The molecule has 0 saturated carbocycles. The first-order chi connectivity index (χ1) is 6.38. The lowest BCUT2D eigenvalue weighted by molar-refractivity contribution is 1.42. The second-order valence-electron chi connectivity index (χ2n) is 5.21. The van der Waals surface area contributed by atoms with Gasteiger partial charge in [-0.15, -0.1) is 0 Å². The van der Waals surface area contributed by atoms with Gasteiger partial charge >= 0.3 is 0 Å². The molecule has 0 N–H and O–H groups in total. The molecule has 0 amide bonds. The van der Waals surface area contributed by atoms with Crippen molar-refractivity contribution in [2.75, 3.05) is 0 Å². The maximum Gasteiger partial charge on any atom is 0.0487 e. The lowest BCUT2D eigenvalue weighted by Gasteiger charge is -2.17. The van der Waals surface area contributed by atoms with Crippen molar-refractivity contribution in [1.82, 2.24) is 0 Å². The highest BCUT2D eigenvalue weighted by Crippen LogP contribution is 2.24. The fourth-order valence-electron chi connectivity index (χ4n) is 1.61. The van der Waals surface area contributed by atoms with Crippen molar-refractivity contribution < 1.29 is 0 Å². The van der Waals surface area contributed by atoms with Crippen molar-refractivity contribution in [1.29, 1.82) is 0 Å². The third-order valence-electron chi connectivity index (χ3n) is 2.17. The molecule has 1 rings (SSSR count). The highest BCUT2D eigenvalue weighted by molar-refractivity contribution is 6.77. The van der Waals surface area contributed by atoms with Crippen molar-refractivity contribution in [3.63, 3.8) is 0 Å². The van der Waals surface area contributed by atoms with Gasteiger partial charge in [0, 0.05) is 8.07 Å². The summed E-state index contributed by atoms with van der Waals surface area (Å²) in [6.07, 6.45) is 0. The summed E-state index contributed by atoms with van der Waals surface area (Å²) in [5, 5.41) is 0. The van der Waals surface area contributed by atoms with Crippen LogP contribution in [0.4, 0.5) is 0 Å². The van der Waals surface area contributed by atoms with Crippen LogP contribution in [0.5, 0.6) is 0 Å². The van der Waals surface area contributed by atoms with Gasteiger partial charge in [0.1, 0.15) is 0 Å². The van der Waals surface area contributed by atoms with Gasteiger partial charge in [0.15, 0.2) is 0 Å². The second kappa shape index (κ2) is 4.14. The first-order valence-corrected chi connectivity index (χ1v) is 8.84. The topological polar surface area (TPSA) is 0 Å².